The van der Waals surface area contributed by atoms with Gasteiger partial charge in [-0.3, -0.25) is 0 Å². The number of nitrogens with zero attached hydrogens (tertiary/aromatic N) is 1. The Hall–Kier alpha value is -1.62. The Morgan fingerprint density at radius 2 is 1.92 bits per heavy atom. The Kier molecular flexibility index (Phi) is 10.2. The summed E-state index contributed by atoms with van der Waals surface area (Å²) in [4.78, 5) is 2.04. The first kappa shape index (κ1) is 21.4. The zero-order chi connectivity index (χ0) is 18.7. The summed E-state index contributed by atoms with van der Waals surface area (Å²) in [6, 6.07) is 9.84. The van der Waals surface area contributed by atoms with Crippen molar-refractivity contribution < 1.29 is 5.11 Å². The Bertz CT molecular complexity index is 608. The number of rotatable bonds is 5. The molecule has 1 aliphatic rings. The Morgan fingerprint density at radius 3 is 2.56 bits per heavy atom. The van der Waals surface area contributed by atoms with Crippen molar-refractivity contribution in [2.24, 2.45) is 0 Å². The molecule has 0 saturated carbocycles. The Morgan fingerprint density at radius 1 is 1.24 bits per heavy atom. The fraction of sp³-hybridized carbons (Fsp3) is 0.333. The highest BCUT2D eigenvalue weighted by molar-refractivity contribution is 9.11. The molecule has 1 heterocycles. The van der Waals surface area contributed by atoms with Gasteiger partial charge in [-0.1, -0.05) is 78.8 Å². The molecule has 2 N–H and O–H groups in total. The van der Waals surface area contributed by atoms with E-state index in [1.54, 1.807) is 0 Å². The van der Waals surface area contributed by atoms with Crippen molar-refractivity contribution in [3.8, 4) is 0 Å². The van der Waals surface area contributed by atoms with Crippen LogP contribution in [-0.4, -0.2) is 29.7 Å². The lowest BCUT2D eigenvalue weighted by molar-refractivity contribution is 0.0904. The van der Waals surface area contributed by atoms with Gasteiger partial charge in [-0.25, -0.2) is 0 Å². The minimum Gasteiger partial charge on any atom is -0.389 e. The Labute approximate surface area is 160 Å². The molecule has 0 aliphatic carbocycles. The van der Waals surface area contributed by atoms with Gasteiger partial charge in [0, 0.05) is 22.9 Å². The predicted molar refractivity (Wildman–Crippen MR) is 111 cm³/mol. The van der Waals surface area contributed by atoms with E-state index >= 15 is 0 Å². The van der Waals surface area contributed by atoms with Gasteiger partial charge >= 0.3 is 0 Å². The van der Waals surface area contributed by atoms with Gasteiger partial charge in [-0.15, -0.1) is 0 Å². The minimum atomic E-state index is -0.561. The highest BCUT2D eigenvalue weighted by Crippen LogP contribution is 2.29. The number of benzene rings is 1. The summed E-state index contributed by atoms with van der Waals surface area (Å²) in [6.07, 6.45) is 10.4. The van der Waals surface area contributed by atoms with Crippen LogP contribution in [0.1, 0.15) is 31.9 Å². The van der Waals surface area contributed by atoms with Crippen LogP contribution in [0.5, 0.6) is 0 Å². The van der Waals surface area contributed by atoms with Crippen LogP contribution in [0.4, 0.5) is 0 Å². The van der Waals surface area contributed by atoms with Crippen LogP contribution < -0.4 is 5.32 Å². The quantitative estimate of drug-likeness (QED) is 0.731. The second-order valence-electron chi connectivity index (χ2n) is 5.42. The van der Waals surface area contributed by atoms with Crippen LogP contribution in [0.3, 0.4) is 0 Å². The van der Waals surface area contributed by atoms with Crippen molar-refractivity contribution in [3.63, 3.8) is 0 Å². The second-order valence-corrected chi connectivity index (χ2v) is 6.34. The lowest BCUT2D eigenvalue weighted by Crippen LogP contribution is -2.37. The molecule has 0 amide bonds. The Balaban J connectivity index is 0.00000151. The molecule has 4 heteroatoms. The summed E-state index contributed by atoms with van der Waals surface area (Å²) in [5.74, 6) is 0. The molecule has 0 saturated heterocycles. The van der Waals surface area contributed by atoms with E-state index in [0.29, 0.717) is 6.54 Å². The van der Waals surface area contributed by atoms with Gasteiger partial charge in [0.25, 0.3) is 0 Å². The first-order valence-corrected chi connectivity index (χ1v) is 9.48. The average molecular weight is 405 g/mol. The third-order valence-electron chi connectivity index (χ3n) is 3.70. The zero-order valence-electron chi connectivity index (χ0n) is 15.3. The number of allylic oxidation sites excluding steroid dienone is 5. The highest BCUT2D eigenvalue weighted by Gasteiger charge is 2.26. The van der Waals surface area contributed by atoms with E-state index in [1.807, 2.05) is 74.5 Å². The molecular weight excluding hydrogens is 376 g/mol. The van der Waals surface area contributed by atoms with E-state index in [0.717, 1.165) is 22.2 Å². The van der Waals surface area contributed by atoms with Gasteiger partial charge in [0.2, 0.25) is 0 Å². The molecule has 3 nitrogen and oxygen atoms in total. The van der Waals surface area contributed by atoms with Crippen LogP contribution >= 0.6 is 15.9 Å². The number of nitrogens with one attached hydrogen (secondary N) is 1. The van der Waals surface area contributed by atoms with E-state index in [9.17, 15) is 5.11 Å². The van der Waals surface area contributed by atoms with Gasteiger partial charge in [-0.2, -0.15) is 0 Å². The maximum atomic E-state index is 10.7. The molecule has 0 bridgehead atoms. The van der Waals surface area contributed by atoms with Gasteiger partial charge in [0.05, 0.1) is 12.1 Å². The van der Waals surface area contributed by atoms with E-state index < -0.39 is 6.10 Å². The summed E-state index contributed by atoms with van der Waals surface area (Å²) in [5, 5.41) is 13.7. The average Bonchev–Trinajstić information content (AvgIpc) is 2.71. The van der Waals surface area contributed by atoms with Gasteiger partial charge < -0.3 is 15.3 Å². The summed E-state index contributed by atoms with van der Waals surface area (Å²) >= 11 is 3.51. The van der Waals surface area contributed by atoms with Crippen molar-refractivity contribution >= 4 is 15.9 Å². The summed E-state index contributed by atoms with van der Waals surface area (Å²) in [7, 11) is 1.84. The maximum Gasteiger partial charge on any atom is 0.0912 e. The van der Waals surface area contributed by atoms with Crippen molar-refractivity contribution in [3.05, 3.63) is 83.2 Å². The van der Waals surface area contributed by atoms with E-state index in [4.69, 9.17) is 0 Å². The molecule has 0 aromatic heterocycles. The second kappa shape index (κ2) is 11.9. The highest BCUT2D eigenvalue weighted by atomic mass is 79.9. The standard InChI is InChI=1S/C19H23BrN2O.C2H6/c1-15-11-12-17(20)10-6-7-13-22(15)19(18(23)14-21-2)16-8-4-3-5-9-16;1-2/h3-5,7-13,18-19,21,23H,1,6,14H2,2H3;1-2H3/b12-11-,13-7-,17-10+;. The number of aliphatic hydroxyl groups is 1. The number of aliphatic hydroxyl groups excluding tert-OH is 1. The molecule has 1 aromatic rings. The van der Waals surface area contributed by atoms with Crippen molar-refractivity contribution in [1.29, 1.82) is 0 Å². The molecule has 25 heavy (non-hydrogen) atoms. The third-order valence-corrected chi connectivity index (χ3v) is 4.29. The number of hydrogen-bond acceptors (Lipinski definition) is 3. The summed E-state index contributed by atoms with van der Waals surface area (Å²) in [5.41, 5.74) is 1.89. The SMILES string of the molecule is C=C1/C=C\C(Br)=C/C/C=C\N1C(c1ccccc1)C(O)CNC.CC. The van der Waals surface area contributed by atoms with E-state index in [-0.39, 0.29) is 6.04 Å². The smallest absolute Gasteiger partial charge is 0.0912 e. The molecular formula is C21H29BrN2O. The van der Waals surface area contributed by atoms with Crippen molar-refractivity contribution in [2.75, 3.05) is 13.6 Å². The van der Waals surface area contributed by atoms with Crippen molar-refractivity contribution in [2.45, 2.75) is 32.4 Å². The number of hydrogen-bond donors (Lipinski definition) is 2. The lowest BCUT2D eigenvalue weighted by atomic mass is 9.99. The van der Waals surface area contributed by atoms with Gasteiger partial charge in [-0.05, 0) is 31.2 Å². The van der Waals surface area contributed by atoms with Crippen LogP contribution in [0.25, 0.3) is 0 Å². The molecule has 0 spiro atoms. The molecule has 0 fully saturated rings. The predicted octanol–water partition coefficient (Wildman–Crippen LogP) is 4.90. The van der Waals surface area contributed by atoms with Crippen LogP contribution in [0.2, 0.25) is 0 Å². The summed E-state index contributed by atoms with van der Waals surface area (Å²) < 4.78 is 1.03. The summed E-state index contributed by atoms with van der Waals surface area (Å²) in [6.45, 7) is 8.67. The molecule has 2 rings (SSSR count). The van der Waals surface area contributed by atoms with Gasteiger partial charge in [0.1, 0.15) is 0 Å². The first-order valence-electron chi connectivity index (χ1n) is 8.68. The molecule has 136 valence electrons. The molecule has 2 unspecified atom stereocenters. The monoisotopic (exact) mass is 404 g/mol. The number of halogens is 1. The molecule has 0 radical (unpaired) electrons. The van der Waals surface area contributed by atoms with E-state index in [2.05, 4.69) is 40.0 Å². The van der Waals surface area contributed by atoms with Crippen LogP contribution in [0, 0.1) is 0 Å². The van der Waals surface area contributed by atoms with Gasteiger partial charge in [0.15, 0.2) is 0 Å². The van der Waals surface area contributed by atoms with Crippen LogP contribution in [0.15, 0.2) is 77.6 Å². The molecule has 1 aliphatic heterocycles. The minimum absolute atomic E-state index is 0.200. The third kappa shape index (κ3) is 6.65. The number of likely N-dealkylation sites (N-methyl/N-ethyl adjacent to an activating group) is 1. The fourth-order valence-electron chi connectivity index (χ4n) is 2.59. The van der Waals surface area contributed by atoms with Crippen LogP contribution in [-0.2, 0) is 0 Å². The maximum absolute atomic E-state index is 10.7. The fourth-order valence-corrected chi connectivity index (χ4v) is 2.91. The lowest BCUT2D eigenvalue weighted by Gasteiger charge is -2.35. The topological polar surface area (TPSA) is 35.5 Å². The molecule has 1 aromatic carbocycles. The zero-order valence-corrected chi connectivity index (χ0v) is 16.9. The van der Waals surface area contributed by atoms with E-state index in [1.165, 1.54) is 0 Å². The molecule has 2 atom stereocenters. The normalized spacial score (nSPS) is 21.4. The van der Waals surface area contributed by atoms with Crippen molar-refractivity contribution in [1.82, 2.24) is 10.2 Å². The largest absolute Gasteiger partial charge is 0.389 e. The first-order chi connectivity index (χ1) is 12.1.